The highest BCUT2D eigenvalue weighted by Gasteiger charge is 2.49. The van der Waals surface area contributed by atoms with Crippen molar-refractivity contribution >= 4 is 91.4 Å². The van der Waals surface area contributed by atoms with Crippen LogP contribution in [0.1, 0.15) is 136 Å². The number of benzene rings is 1. The average molecular weight is 807 g/mol. The molecule has 4 heterocycles. The number of unbranched alkanes of at least 4 members (excludes halogenated alkanes) is 15. The highest BCUT2D eigenvalue weighted by Crippen LogP contribution is 2.45. The van der Waals surface area contributed by atoms with Gasteiger partial charge in [0.05, 0.1) is 7.57 Å². The quantitative estimate of drug-likeness (QED) is 0.0743. The molecule has 0 saturated heterocycles. The number of fused-ring (bicyclic) bond motifs is 6. The summed E-state index contributed by atoms with van der Waals surface area (Å²) in [6.07, 6.45) is 25.1. The van der Waals surface area contributed by atoms with Gasteiger partial charge in [-0.1, -0.05) is 155 Å². The second-order valence-corrected chi connectivity index (χ2v) is 27.8. The van der Waals surface area contributed by atoms with E-state index >= 15 is 0 Å². The van der Waals surface area contributed by atoms with E-state index in [1.165, 1.54) is 141 Å². The van der Waals surface area contributed by atoms with Gasteiger partial charge < -0.3 is 0 Å². The van der Waals surface area contributed by atoms with Crippen molar-refractivity contribution in [2.45, 2.75) is 161 Å². The van der Waals surface area contributed by atoms with Gasteiger partial charge in [0.15, 0.2) is 0 Å². The molecule has 1 aromatic carbocycles. The van der Waals surface area contributed by atoms with Crippen molar-refractivity contribution in [2.24, 2.45) is 0 Å². The smallest absolute Gasteiger partial charge is 0.121 e. The van der Waals surface area contributed by atoms with E-state index in [-0.39, 0.29) is 0 Å². The molecule has 0 N–H and O–H groups in total. The first-order valence-electron chi connectivity index (χ1n) is 18.7. The number of halogens is 2. The van der Waals surface area contributed by atoms with E-state index in [0.717, 1.165) is 0 Å². The first kappa shape index (κ1) is 36.3. The largest absolute Gasteiger partial charge is 0.128 e. The molecular formula is C39H58Br2S2Si2. The Labute approximate surface area is 302 Å². The number of hydrogen-bond acceptors (Lipinski definition) is 2. The molecule has 0 radical (unpaired) electrons. The van der Waals surface area contributed by atoms with Crippen LogP contribution < -0.4 is 20.7 Å². The van der Waals surface area contributed by atoms with Crippen LogP contribution in [0.3, 0.4) is 0 Å². The lowest BCUT2D eigenvalue weighted by molar-refractivity contribution is 0.616. The Morgan fingerprint density at radius 1 is 0.467 bits per heavy atom. The first-order chi connectivity index (χ1) is 21.9. The van der Waals surface area contributed by atoms with Crippen molar-refractivity contribution in [3.63, 3.8) is 0 Å². The Morgan fingerprint density at radius 3 is 1.40 bits per heavy atom. The zero-order valence-electron chi connectivity index (χ0n) is 28.7. The van der Waals surface area contributed by atoms with Crippen LogP contribution in [0.15, 0.2) is 31.8 Å². The molecule has 0 amide bonds. The Kier molecular flexibility index (Phi) is 13.8. The lowest BCUT2D eigenvalue weighted by atomic mass is 10.1. The Bertz CT molecular complexity index is 1380. The molecule has 0 nitrogen and oxygen atoms in total. The van der Waals surface area contributed by atoms with E-state index in [9.17, 15) is 0 Å². The van der Waals surface area contributed by atoms with Crippen molar-refractivity contribution in [2.75, 3.05) is 0 Å². The zero-order chi connectivity index (χ0) is 31.9. The Balaban J connectivity index is 1.50. The van der Waals surface area contributed by atoms with Crippen LogP contribution in [0.2, 0.25) is 24.7 Å². The van der Waals surface area contributed by atoms with Gasteiger partial charge in [0.2, 0.25) is 0 Å². The van der Waals surface area contributed by atoms with Crippen molar-refractivity contribution < 1.29 is 0 Å². The summed E-state index contributed by atoms with van der Waals surface area (Å²) in [7, 11) is -3.63. The second kappa shape index (κ2) is 17.1. The Hall–Kier alpha value is 0.0138. The summed E-state index contributed by atoms with van der Waals surface area (Å²) < 4.78 is 2.70. The van der Waals surface area contributed by atoms with Gasteiger partial charge in [0.25, 0.3) is 0 Å². The number of hydrogen-bond donors (Lipinski definition) is 0. The summed E-state index contributed by atoms with van der Waals surface area (Å²) in [5, 5.41) is 7.12. The molecule has 1 unspecified atom stereocenters. The zero-order valence-corrected chi connectivity index (χ0v) is 35.5. The third kappa shape index (κ3) is 7.92. The molecule has 5 rings (SSSR count). The van der Waals surface area contributed by atoms with Crippen LogP contribution in [0.5, 0.6) is 0 Å². The van der Waals surface area contributed by atoms with Gasteiger partial charge in [-0.25, -0.2) is 0 Å². The normalized spacial score (nSPS) is 17.5. The molecule has 2 aliphatic heterocycles. The van der Waals surface area contributed by atoms with Gasteiger partial charge in [-0.3, -0.25) is 0 Å². The fourth-order valence-electron chi connectivity index (χ4n) is 8.61. The third-order valence-corrected chi connectivity index (χ3v) is 24.7. The average Bonchev–Trinajstić information content (AvgIpc) is 3.73. The monoisotopic (exact) mass is 804 g/mol. The summed E-state index contributed by atoms with van der Waals surface area (Å²) >= 11 is 12.0. The highest BCUT2D eigenvalue weighted by atomic mass is 79.9. The van der Waals surface area contributed by atoms with E-state index in [0.29, 0.717) is 0 Å². The molecule has 0 saturated carbocycles. The standard InChI is InChI=1S/C39H58Br2S2Si2/c1-5-8-11-14-17-20-23-44(4)32-26-31-33(27-30(32)38-34(44)28-36(40)42-38)45(24-21-18-15-12-9-6-2,25-22-19-16-13-10-7-3)35-29-37(41)43-39(31)35/h26-29H,5-25H2,1-4H3. The minimum absolute atomic E-state index is 1.33. The van der Waals surface area contributed by atoms with E-state index < -0.39 is 16.1 Å². The summed E-state index contributed by atoms with van der Waals surface area (Å²) in [6.45, 7) is 9.72. The molecular weight excluding hydrogens is 749 g/mol. The van der Waals surface area contributed by atoms with Crippen molar-refractivity contribution in [3.05, 3.63) is 31.8 Å². The third-order valence-electron chi connectivity index (χ3n) is 11.2. The summed E-state index contributed by atoms with van der Waals surface area (Å²) in [6, 6.07) is 15.1. The van der Waals surface area contributed by atoms with Crippen LogP contribution >= 0.6 is 54.5 Å². The van der Waals surface area contributed by atoms with Crippen molar-refractivity contribution in [1.29, 1.82) is 0 Å². The maximum atomic E-state index is 4.00. The SMILES string of the molecule is CCCCCCCC[Si]1(C)c2cc3c(cc2-c2sc(Br)cc21)[Si](CCCCCCCC)(CCCCCCCC)c1cc(Br)sc1-3. The predicted octanol–water partition coefficient (Wildman–Crippen LogP) is 13.1. The molecule has 6 heteroatoms. The number of rotatable bonds is 21. The minimum Gasteiger partial charge on any atom is -0.128 e. The first-order valence-corrected chi connectivity index (χ1v) is 27.0. The van der Waals surface area contributed by atoms with Gasteiger partial charge in [-0.15, -0.1) is 22.7 Å². The fourth-order valence-corrected chi connectivity index (χ4v) is 23.6. The highest BCUT2D eigenvalue weighted by molar-refractivity contribution is 9.11. The maximum absolute atomic E-state index is 4.00. The maximum Gasteiger partial charge on any atom is 0.121 e. The molecule has 3 aromatic rings. The molecule has 248 valence electrons. The summed E-state index contributed by atoms with van der Waals surface area (Å²) in [4.78, 5) is 3.27. The molecule has 2 aliphatic rings. The molecule has 0 spiro atoms. The van der Waals surface area contributed by atoms with Crippen LogP contribution in [-0.4, -0.2) is 16.1 Å². The van der Waals surface area contributed by atoms with E-state index in [1.54, 1.807) is 36.4 Å². The lowest BCUT2D eigenvalue weighted by Gasteiger charge is -2.31. The van der Waals surface area contributed by atoms with Crippen LogP contribution in [0.25, 0.3) is 20.9 Å². The molecule has 0 fully saturated rings. The molecule has 0 aliphatic carbocycles. The molecule has 45 heavy (non-hydrogen) atoms. The van der Waals surface area contributed by atoms with Crippen LogP contribution in [-0.2, 0) is 0 Å². The van der Waals surface area contributed by atoms with Gasteiger partial charge in [0, 0.05) is 9.75 Å². The van der Waals surface area contributed by atoms with E-state index in [2.05, 4.69) is 83.4 Å². The molecule has 0 bridgehead atoms. The summed E-state index contributed by atoms with van der Waals surface area (Å²) in [5.41, 5.74) is 3.32. The van der Waals surface area contributed by atoms with Crippen LogP contribution in [0.4, 0.5) is 0 Å². The van der Waals surface area contributed by atoms with Crippen molar-refractivity contribution in [3.8, 4) is 20.9 Å². The van der Waals surface area contributed by atoms with E-state index in [4.69, 9.17) is 0 Å². The van der Waals surface area contributed by atoms with Crippen molar-refractivity contribution in [1.82, 2.24) is 0 Å². The lowest BCUT2D eigenvalue weighted by Crippen LogP contribution is -2.56. The van der Waals surface area contributed by atoms with E-state index in [1.807, 2.05) is 27.9 Å². The molecule has 1 atom stereocenters. The Morgan fingerprint density at radius 2 is 0.867 bits per heavy atom. The van der Waals surface area contributed by atoms with Crippen LogP contribution in [0, 0.1) is 0 Å². The topological polar surface area (TPSA) is 0 Å². The second-order valence-electron chi connectivity index (χ2n) is 14.5. The molecule has 2 aromatic heterocycles. The predicted molar refractivity (Wildman–Crippen MR) is 219 cm³/mol. The van der Waals surface area contributed by atoms with Gasteiger partial charge in [-0.2, -0.15) is 0 Å². The van der Waals surface area contributed by atoms with Gasteiger partial charge >= 0.3 is 0 Å². The minimum atomic E-state index is -1.85. The summed E-state index contributed by atoms with van der Waals surface area (Å²) in [5.74, 6) is 0. The fraction of sp³-hybridized carbons (Fsp3) is 0.641. The van der Waals surface area contributed by atoms with Gasteiger partial charge in [-0.05, 0) is 94.0 Å². The van der Waals surface area contributed by atoms with Gasteiger partial charge in [0.1, 0.15) is 16.1 Å². The number of thiophene rings is 2.